The number of urea groups is 1. The fraction of sp³-hybridized carbons (Fsp3) is 0.690. The first kappa shape index (κ1) is 41.1. The van der Waals surface area contributed by atoms with Gasteiger partial charge in [0.15, 0.2) is 49.1 Å². The van der Waals surface area contributed by atoms with E-state index < -0.39 is 128 Å². The molecule has 21 heteroatoms. The van der Waals surface area contributed by atoms with Crippen molar-refractivity contribution in [2.75, 3.05) is 13.2 Å². The lowest BCUT2D eigenvalue weighted by molar-refractivity contribution is -0.258. The zero-order chi connectivity index (χ0) is 37.9. The van der Waals surface area contributed by atoms with E-state index in [1.807, 2.05) is 0 Å². The van der Waals surface area contributed by atoms with Gasteiger partial charge in [0.2, 0.25) is 0 Å². The molecule has 280 valence electrons. The average molecular weight is 721 g/mol. The summed E-state index contributed by atoms with van der Waals surface area (Å²) in [7, 11) is 0. The maximum Gasteiger partial charge on any atom is 0.319 e. The van der Waals surface area contributed by atoms with Crippen LogP contribution in [-0.2, 0) is 85.7 Å². The molecule has 2 rings (SSSR count). The second-order valence-electron chi connectivity index (χ2n) is 10.9. The molecule has 2 aliphatic heterocycles. The van der Waals surface area contributed by atoms with Crippen LogP contribution in [0.1, 0.15) is 55.4 Å². The Balaban J connectivity index is 2.53. The largest absolute Gasteiger partial charge is 0.463 e. The van der Waals surface area contributed by atoms with Crippen LogP contribution in [-0.4, -0.2) is 128 Å². The van der Waals surface area contributed by atoms with Crippen LogP contribution in [0.5, 0.6) is 0 Å². The van der Waals surface area contributed by atoms with Crippen molar-refractivity contribution in [2.45, 2.75) is 117 Å². The summed E-state index contributed by atoms with van der Waals surface area (Å²) in [6, 6.07) is -1.20. The van der Waals surface area contributed by atoms with Crippen molar-refractivity contribution in [3.05, 3.63) is 0 Å². The number of esters is 8. The van der Waals surface area contributed by atoms with Crippen molar-refractivity contribution in [1.29, 1.82) is 0 Å². The minimum Gasteiger partial charge on any atom is -0.463 e. The third-order valence-electron chi connectivity index (χ3n) is 6.53. The standard InChI is InChI=1S/C29H40N2O19/c1-11(32)41-9-19-21(43-13(3)34)23(45-15(5)36)25(47-17(7)38)27(49-19)30-29(40)31-28-26(48-18(8)39)24(46-16(6)37)22(44-14(4)35)20(50-28)10-42-12(2)33/h19-28H,9-10H2,1-8H3,(H2,30,31,40)/t19-,20-,21-,22-,23+,24+,25-,26-,27-,28+/m1/s1. The molecule has 2 amide bonds. The highest BCUT2D eigenvalue weighted by Crippen LogP contribution is 2.30. The molecule has 50 heavy (non-hydrogen) atoms. The number of carbonyl (C=O) groups is 9. The van der Waals surface area contributed by atoms with Gasteiger partial charge in [-0.2, -0.15) is 0 Å². The predicted octanol–water partition coefficient (Wildman–Crippen LogP) is -1.55. The van der Waals surface area contributed by atoms with Crippen molar-refractivity contribution in [2.24, 2.45) is 0 Å². The fourth-order valence-corrected chi connectivity index (χ4v) is 4.99. The average Bonchev–Trinajstić information content (AvgIpc) is 2.95. The maximum atomic E-state index is 13.5. The summed E-state index contributed by atoms with van der Waals surface area (Å²) in [5, 5.41) is 4.67. The van der Waals surface area contributed by atoms with Gasteiger partial charge in [-0.25, -0.2) is 4.79 Å². The molecule has 10 atom stereocenters. The molecule has 2 aliphatic rings. The molecular formula is C29H40N2O19. The van der Waals surface area contributed by atoms with Crippen molar-refractivity contribution in [3.63, 3.8) is 0 Å². The van der Waals surface area contributed by atoms with Crippen molar-refractivity contribution in [1.82, 2.24) is 10.6 Å². The van der Waals surface area contributed by atoms with Gasteiger partial charge in [-0.1, -0.05) is 0 Å². The monoisotopic (exact) mass is 720 g/mol. The Labute approximate surface area is 285 Å². The minimum atomic E-state index is -1.72. The second-order valence-corrected chi connectivity index (χ2v) is 10.9. The van der Waals surface area contributed by atoms with Crippen LogP contribution in [0, 0.1) is 0 Å². The van der Waals surface area contributed by atoms with E-state index in [2.05, 4.69) is 10.6 Å². The molecule has 0 aliphatic carbocycles. The van der Waals surface area contributed by atoms with E-state index in [0.29, 0.717) is 0 Å². The van der Waals surface area contributed by atoms with Gasteiger partial charge < -0.3 is 58.0 Å². The molecule has 0 saturated carbocycles. The normalized spacial score (nSPS) is 28.7. The van der Waals surface area contributed by atoms with Gasteiger partial charge in [0.25, 0.3) is 0 Å². The Bertz CT molecular complexity index is 1220. The molecule has 0 aromatic heterocycles. The lowest BCUT2D eigenvalue weighted by Gasteiger charge is -2.45. The first-order chi connectivity index (χ1) is 23.3. The van der Waals surface area contributed by atoms with E-state index in [9.17, 15) is 43.2 Å². The van der Waals surface area contributed by atoms with Crippen molar-refractivity contribution in [3.8, 4) is 0 Å². The lowest BCUT2D eigenvalue weighted by Crippen LogP contribution is -2.69. The van der Waals surface area contributed by atoms with Gasteiger partial charge in [0, 0.05) is 55.4 Å². The summed E-state index contributed by atoms with van der Waals surface area (Å²) >= 11 is 0. The fourth-order valence-electron chi connectivity index (χ4n) is 4.99. The van der Waals surface area contributed by atoms with E-state index in [1.54, 1.807) is 0 Å². The third-order valence-corrected chi connectivity index (χ3v) is 6.53. The Kier molecular flexibility index (Phi) is 15.3. The van der Waals surface area contributed by atoms with Gasteiger partial charge in [-0.3, -0.25) is 38.4 Å². The number of ether oxygens (including phenoxy) is 10. The molecule has 0 aromatic rings. The molecule has 0 spiro atoms. The smallest absolute Gasteiger partial charge is 0.319 e. The summed E-state index contributed by atoms with van der Waals surface area (Å²) in [6.45, 7) is 7.03. The van der Waals surface area contributed by atoms with E-state index in [0.717, 1.165) is 55.4 Å². The predicted molar refractivity (Wildman–Crippen MR) is 156 cm³/mol. The second kappa shape index (κ2) is 18.6. The Morgan fingerprint density at radius 3 is 0.920 bits per heavy atom. The molecule has 0 aromatic carbocycles. The number of rotatable bonds is 12. The van der Waals surface area contributed by atoms with Crippen molar-refractivity contribution >= 4 is 53.8 Å². The van der Waals surface area contributed by atoms with Gasteiger partial charge >= 0.3 is 53.8 Å². The van der Waals surface area contributed by atoms with Gasteiger partial charge in [0.05, 0.1) is 0 Å². The molecule has 21 nitrogen and oxygen atoms in total. The summed E-state index contributed by atoms with van der Waals surface area (Å²) in [5.74, 6) is -7.02. The highest BCUT2D eigenvalue weighted by Gasteiger charge is 2.55. The maximum absolute atomic E-state index is 13.5. The first-order valence-electron chi connectivity index (χ1n) is 15.0. The minimum absolute atomic E-state index is 0.586. The summed E-state index contributed by atoms with van der Waals surface area (Å²) in [5.41, 5.74) is 0. The highest BCUT2D eigenvalue weighted by atomic mass is 16.7. The molecule has 0 radical (unpaired) electrons. The Hall–Kier alpha value is -5.05. The number of nitrogens with one attached hydrogen (secondary N) is 2. The lowest BCUT2D eigenvalue weighted by atomic mass is 9.96. The molecule has 0 bridgehead atoms. The van der Waals surface area contributed by atoms with Crippen LogP contribution in [0.3, 0.4) is 0 Å². The number of hydrogen-bond donors (Lipinski definition) is 2. The SMILES string of the molecule is CC(=O)OC[C@H]1O[C@@H](NC(=O)N[C@H]2O[C@H](COC(C)=O)[C@@H](OC(C)=O)[C@H](OC(C)=O)[C@H]2OC(C)=O)[C@H](OC(C)=O)[C@@H](OC(C)=O)[C@@H]1OC(C)=O. The van der Waals surface area contributed by atoms with Gasteiger partial charge in [0.1, 0.15) is 25.4 Å². The van der Waals surface area contributed by atoms with Crippen LogP contribution in [0.2, 0.25) is 0 Å². The number of carbonyl (C=O) groups excluding carboxylic acids is 9. The highest BCUT2D eigenvalue weighted by molar-refractivity contribution is 5.75. The molecule has 0 unspecified atom stereocenters. The van der Waals surface area contributed by atoms with Crippen LogP contribution >= 0.6 is 0 Å². The van der Waals surface area contributed by atoms with E-state index >= 15 is 0 Å². The molecule has 2 N–H and O–H groups in total. The Morgan fingerprint density at radius 1 is 0.400 bits per heavy atom. The van der Waals surface area contributed by atoms with Gasteiger partial charge in [-0.05, 0) is 0 Å². The summed E-state index contributed by atoms with van der Waals surface area (Å²) < 4.78 is 53.6. The van der Waals surface area contributed by atoms with Crippen LogP contribution in [0.25, 0.3) is 0 Å². The summed E-state index contributed by atoms with van der Waals surface area (Å²) in [4.78, 5) is 109. The van der Waals surface area contributed by atoms with Gasteiger partial charge in [-0.15, -0.1) is 0 Å². The number of amides is 2. The third kappa shape index (κ3) is 12.8. The topological polar surface area (TPSA) is 270 Å². The molecule has 2 fully saturated rings. The quantitative estimate of drug-likeness (QED) is 0.171. The van der Waals surface area contributed by atoms with E-state index in [1.165, 1.54) is 0 Å². The van der Waals surface area contributed by atoms with E-state index in [-0.39, 0.29) is 0 Å². The Morgan fingerprint density at radius 2 is 0.660 bits per heavy atom. The molecule has 2 saturated heterocycles. The zero-order valence-electron chi connectivity index (χ0n) is 28.4. The number of hydrogen-bond acceptors (Lipinski definition) is 19. The van der Waals surface area contributed by atoms with Crippen LogP contribution < -0.4 is 10.6 Å². The van der Waals surface area contributed by atoms with Crippen molar-refractivity contribution < 1.29 is 90.5 Å². The molecule has 2 heterocycles. The van der Waals surface area contributed by atoms with E-state index in [4.69, 9.17) is 47.4 Å². The first-order valence-corrected chi connectivity index (χ1v) is 15.0. The van der Waals surface area contributed by atoms with Crippen LogP contribution in [0.4, 0.5) is 4.79 Å². The van der Waals surface area contributed by atoms with Crippen LogP contribution in [0.15, 0.2) is 0 Å². The summed E-state index contributed by atoms with van der Waals surface area (Å²) in [6.07, 6.45) is -15.9. The molecular weight excluding hydrogens is 680 g/mol. The zero-order valence-corrected chi connectivity index (χ0v) is 28.4.